The van der Waals surface area contributed by atoms with Crippen LogP contribution < -0.4 is 28.4 Å². The van der Waals surface area contributed by atoms with Crippen molar-refractivity contribution in [2.45, 2.75) is 66.6 Å². The highest BCUT2D eigenvalue weighted by Gasteiger charge is 2.26. The van der Waals surface area contributed by atoms with Crippen LogP contribution in [0, 0.1) is 0 Å². The van der Waals surface area contributed by atoms with E-state index in [1.54, 1.807) is 48.5 Å². The van der Waals surface area contributed by atoms with E-state index in [1.165, 1.54) is 0 Å². The Morgan fingerprint density at radius 2 is 0.838 bits per heavy atom. The van der Waals surface area contributed by atoms with Crippen LogP contribution in [0.15, 0.2) is 170 Å². The average molecular weight is 907 g/mol. The van der Waals surface area contributed by atoms with Crippen LogP contribution in [0.5, 0.6) is 46.0 Å². The number of ketones is 2. The summed E-state index contributed by atoms with van der Waals surface area (Å²) in [5, 5.41) is 0. The quantitative estimate of drug-likeness (QED) is 0.0699. The summed E-state index contributed by atoms with van der Waals surface area (Å²) in [6, 6.07) is 48.3. The number of carbonyl (C=O) groups excluding carboxylic acids is 2. The Morgan fingerprint density at radius 1 is 0.426 bits per heavy atom. The molecule has 0 atom stereocenters. The fourth-order valence-corrected chi connectivity index (χ4v) is 7.63. The van der Waals surface area contributed by atoms with Crippen molar-refractivity contribution in [3.63, 3.8) is 0 Å². The first-order valence-corrected chi connectivity index (χ1v) is 22.9. The molecule has 8 heteroatoms. The second-order valence-electron chi connectivity index (χ2n) is 17.0. The molecule has 7 aromatic rings. The summed E-state index contributed by atoms with van der Waals surface area (Å²) in [6.45, 7) is 16.8. The van der Waals surface area contributed by atoms with Gasteiger partial charge in [-0.25, -0.2) is 0 Å². The molecule has 346 valence electrons. The first kappa shape index (κ1) is 48.1. The van der Waals surface area contributed by atoms with Crippen LogP contribution >= 0.6 is 0 Å². The molecule has 0 aliphatic rings. The maximum Gasteiger partial charge on any atom is 0.193 e. The minimum Gasteiger partial charge on any atom is -0.490 e. The molecule has 68 heavy (non-hydrogen) atoms. The van der Waals surface area contributed by atoms with Gasteiger partial charge in [-0.2, -0.15) is 0 Å². The van der Waals surface area contributed by atoms with Crippen LogP contribution in [-0.4, -0.2) is 24.8 Å². The van der Waals surface area contributed by atoms with Crippen molar-refractivity contribution in [2.24, 2.45) is 0 Å². The van der Waals surface area contributed by atoms with Gasteiger partial charge in [-0.1, -0.05) is 91.0 Å². The second kappa shape index (κ2) is 21.6. The predicted octanol–water partition coefficient (Wildman–Crippen LogP) is 15.2. The Morgan fingerprint density at radius 3 is 1.31 bits per heavy atom. The first-order chi connectivity index (χ1) is 32.8. The monoisotopic (exact) mass is 906 g/mol. The Kier molecular flexibility index (Phi) is 15.3. The molecule has 7 aromatic carbocycles. The van der Waals surface area contributed by atoms with Gasteiger partial charge >= 0.3 is 0 Å². The number of allylic oxidation sites excluding steroid dienone is 2. The molecule has 0 amide bonds. The van der Waals surface area contributed by atoms with Crippen molar-refractivity contribution in [1.29, 1.82) is 0 Å². The van der Waals surface area contributed by atoms with Crippen molar-refractivity contribution in [2.75, 3.05) is 13.2 Å². The van der Waals surface area contributed by atoms with E-state index in [9.17, 15) is 9.59 Å². The van der Waals surface area contributed by atoms with Crippen LogP contribution in [0.2, 0.25) is 0 Å². The summed E-state index contributed by atoms with van der Waals surface area (Å²) in [5.41, 5.74) is 4.59. The van der Waals surface area contributed by atoms with E-state index in [1.807, 2.05) is 189 Å². The lowest BCUT2D eigenvalue weighted by atomic mass is 9.94. The molecule has 0 N–H and O–H groups in total. The van der Waals surface area contributed by atoms with E-state index in [0.717, 1.165) is 22.3 Å². The molecule has 0 fully saturated rings. The Bertz CT molecular complexity index is 2890. The van der Waals surface area contributed by atoms with Crippen LogP contribution in [0.1, 0.15) is 109 Å². The van der Waals surface area contributed by atoms with Gasteiger partial charge in [0, 0.05) is 28.3 Å². The van der Waals surface area contributed by atoms with Crippen molar-refractivity contribution in [3.05, 3.63) is 214 Å². The Labute approximate surface area is 400 Å². The van der Waals surface area contributed by atoms with E-state index >= 15 is 0 Å². The number of ether oxygens (including phenoxy) is 6. The molecule has 0 heterocycles. The summed E-state index contributed by atoms with van der Waals surface area (Å²) in [5.74, 6) is 4.74. The molecule has 0 spiro atoms. The number of hydrogen-bond donors (Lipinski definition) is 0. The Hall–Kier alpha value is -7.84. The van der Waals surface area contributed by atoms with Crippen LogP contribution in [0.4, 0.5) is 0 Å². The van der Waals surface area contributed by atoms with Gasteiger partial charge < -0.3 is 28.4 Å². The normalized spacial score (nSPS) is 11.6. The van der Waals surface area contributed by atoms with E-state index < -0.39 is 11.2 Å². The highest BCUT2D eigenvalue weighted by atomic mass is 16.5. The van der Waals surface area contributed by atoms with E-state index in [0.29, 0.717) is 81.5 Å². The van der Waals surface area contributed by atoms with Gasteiger partial charge in [0.05, 0.1) is 13.2 Å². The summed E-state index contributed by atoms with van der Waals surface area (Å²) in [7, 11) is 0. The Balaban J connectivity index is 0.945. The first-order valence-electron chi connectivity index (χ1n) is 22.9. The van der Waals surface area contributed by atoms with Crippen LogP contribution in [0.25, 0.3) is 12.2 Å². The topological polar surface area (TPSA) is 89.5 Å². The molecule has 7 rings (SSSR count). The van der Waals surface area contributed by atoms with Crippen LogP contribution in [-0.2, 0) is 11.2 Å². The van der Waals surface area contributed by atoms with Gasteiger partial charge in [-0.15, -0.1) is 0 Å². The van der Waals surface area contributed by atoms with E-state index in [2.05, 4.69) is 0 Å². The molecule has 0 aliphatic carbocycles. The zero-order valence-corrected chi connectivity index (χ0v) is 40.0. The molecule has 0 aliphatic heterocycles. The minimum absolute atomic E-state index is 0.103. The van der Waals surface area contributed by atoms with Crippen molar-refractivity contribution < 1.29 is 38.0 Å². The summed E-state index contributed by atoms with van der Waals surface area (Å²) in [4.78, 5) is 27.1. The molecular weight excluding hydrogens is 849 g/mol. The minimum atomic E-state index is -0.738. The number of benzene rings is 7. The predicted molar refractivity (Wildman–Crippen MR) is 271 cm³/mol. The van der Waals surface area contributed by atoms with Gasteiger partial charge in [0.2, 0.25) is 0 Å². The van der Waals surface area contributed by atoms with E-state index in [4.69, 9.17) is 28.4 Å². The third kappa shape index (κ3) is 11.9. The molecule has 0 saturated carbocycles. The second-order valence-corrected chi connectivity index (χ2v) is 17.0. The van der Waals surface area contributed by atoms with Gasteiger partial charge in [-0.05, 0) is 163 Å². The van der Waals surface area contributed by atoms with Gasteiger partial charge in [0.25, 0.3) is 0 Å². The standard InChI is InChI=1S/C60H58O8/c1-9-14-41-18-36-53(63-11-3)55(38-41)66-50-34-26-46(27-35-50)58(62)43-20-28-47(29-21-43)59(5,6)67-52-17-13-16-51(40-52)65-49-32-24-45(25-33-49)57(61)44-22-30-48(31-23-44)60(7,8)68-56-39-42(15-10-2)19-37-54(56)64-12-4/h9-10,13-40H,11-12H2,1-8H3/b14-9+,15-10+. The lowest BCUT2D eigenvalue weighted by molar-refractivity contribution is 0.101. The summed E-state index contributed by atoms with van der Waals surface area (Å²) in [6.07, 6.45) is 7.97. The van der Waals surface area contributed by atoms with Gasteiger partial charge in [0.15, 0.2) is 34.6 Å². The highest BCUT2D eigenvalue weighted by Crippen LogP contribution is 2.37. The SMILES string of the molecule is C/C=C/c1ccc(OCC)c(Oc2ccc(C(=O)c3ccc(C(C)(C)Oc4cccc(Oc5ccc(C(=O)c6ccc(C(C)(C)Oc7cc(/C=C/C)ccc7OCC)cc6)cc5)c4)cc3)cc2)c1. The lowest BCUT2D eigenvalue weighted by Gasteiger charge is -2.28. The molecule has 0 radical (unpaired) electrons. The molecule has 0 aromatic heterocycles. The number of carbonyl (C=O) groups is 2. The number of hydrogen-bond acceptors (Lipinski definition) is 8. The summed E-state index contributed by atoms with van der Waals surface area (Å²) >= 11 is 0. The molecule has 0 saturated heterocycles. The fourth-order valence-electron chi connectivity index (χ4n) is 7.63. The highest BCUT2D eigenvalue weighted by molar-refractivity contribution is 6.09. The largest absolute Gasteiger partial charge is 0.490 e. The average Bonchev–Trinajstić information content (AvgIpc) is 3.33. The molecule has 0 bridgehead atoms. The third-order valence-electron chi connectivity index (χ3n) is 11.2. The zero-order chi connectivity index (χ0) is 48.3. The smallest absolute Gasteiger partial charge is 0.193 e. The lowest BCUT2D eigenvalue weighted by Crippen LogP contribution is -2.25. The maximum atomic E-state index is 13.6. The van der Waals surface area contributed by atoms with Crippen molar-refractivity contribution in [3.8, 4) is 46.0 Å². The maximum absolute atomic E-state index is 13.6. The van der Waals surface area contributed by atoms with Crippen LogP contribution in [0.3, 0.4) is 0 Å². The summed E-state index contributed by atoms with van der Waals surface area (Å²) < 4.78 is 37.0. The van der Waals surface area contributed by atoms with Gasteiger partial charge in [-0.3, -0.25) is 9.59 Å². The molecule has 0 unspecified atom stereocenters. The van der Waals surface area contributed by atoms with Gasteiger partial charge in [0.1, 0.15) is 34.2 Å². The third-order valence-corrected chi connectivity index (χ3v) is 11.2. The number of rotatable bonds is 20. The zero-order valence-electron chi connectivity index (χ0n) is 40.0. The van der Waals surface area contributed by atoms with E-state index in [-0.39, 0.29) is 11.6 Å². The molecule has 8 nitrogen and oxygen atoms in total. The van der Waals surface area contributed by atoms with Crippen molar-refractivity contribution in [1.82, 2.24) is 0 Å². The van der Waals surface area contributed by atoms with Crippen molar-refractivity contribution >= 4 is 23.7 Å². The fraction of sp³-hybridized carbons (Fsp3) is 0.200. The molecular formula is C60H58O8.